The number of rotatable bonds is 49. The van der Waals surface area contributed by atoms with E-state index in [1.54, 1.807) is 0 Å². The molecule has 0 spiro atoms. The quantitative estimate of drug-likeness (QED) is 0.0345. The van der Waals surface area contributed by atoms with Crippen LogP contribution in [0.1, 0.15) is 303 Å². The van der Waals surface area contributed by atoms with Crippen LogP contribution in [0.3, 0.4) is 0 Å². The van der Waals surface area contributed by atoms with Crippen LogP contribution in [0.15, 0.2) is 0 Å². The highest BCUT2D eigenvalue weighted by Crippen LogP contribution is 2.17. The normalized spacial score (nSPS) is 11.8. The van der Waals surface area contributed by atoms with Gasteiger partial charge < -0.3 is 14.2 Å². The average molecular weight is 835 g/mol. The lowest BCUT2D eigenvalue weighted by Crippen LogP contribution is -2.30. The number of unbranched alkanes of at least 4 members (excludes halogenated alkanes) is 38. The van der Waals surface area contributed by atoms with Gasteiger partial charge in [0.15, 0.2) is 6.10 Å². The van der Waals surface area contributed by atoms with Crippen molar-refractivity contribution < 1.29 is 28.6 Å². The van der Waals surface area contributed by atoms with Crippen LogP contribution in [0.25, 0.3) is 0 Å². The van der Waals surface area contributed by atoms with E-state index < -0.39 is 6.10 Å². The van der Waals surface area contributed by atoms with Crippen LogP contribution in [0.4, 0.5) is 0 Å². The van der Waals surface area contributed by atoms with Gasteiger partial charge in [0.2, 0.25) is 0 Å². The first kappa shape index (κ1) is 57.4. The Bertz CT molecular complexity index is 874. The van der Waals surface area contributed by atoms with Gasteiger partial charge in [0.05, 0.1) is 0 Å². The van der Waals surface area contributed by atoms with E-state index in [9.17, 15) is 14.4 Å². The Morgan fingerprint density at radius 1 is 0.271 bits per heavy atom. The molecule has 59 heavy (non-hydrogen) atoms. The van der Waals surface area contributed by atoms with Crippen LogP contribution < -0.4 is 0 Å². The Kier molecular flexibility index (Phi) is 47.7. The lowest BCUT2D eigenvalue weighted by atomic mass is 10.0. The van der Waals surface area contributed by atoms with Gasteiger partial charge in [0, 0.05) is 19.3 Å². The second-order valence-electron chi connectivity index (χ2n) is 18.2. The predicted octanol–water partition coefficient (Wildman–Crippen LogP) is 17.2. The van der Waals surface area contributed by atoms with Crippen molar-refractivity contribution in [2.24, 2.45) is 0 Å². The fourth-order valence-electron chi connectivity index (χ4n) is 8.09. The van der Waals surface area contributed by atoms with E-state index in [0.29, 0.717) is 19.3 Å². The van der Waals surface area contributed by atoms with Gasteiger partial charge in [0.25, 0.3) is 0 Å². The van der Waals surface area contributed by atoms with Gasteiger partial charge >= 0.3 is 17.9 Å². The van der Waals surface area contributed by atoms with Gasteiger partial charge in [0.1, 0.15) is 13.2 Å². The summed E-state index contributed by atoms with van der Waals surface area (Å²) in [4.78, 5) is 37.8. The zero-order valence-corrected chi connectivity index (χ0v) is 40.1. The largest absolute Gasteiger partial charge is 0.462 e. The Labute approximate surface area is 368 Å². The average Bonchev–Trinajstić information content (AvgIpc) is 3.23. The second kappa shape index (κ2) is 49.1. The van der Waals surface area contributed by atoms with E-state index in [4.69, 9.17) is 14.2 Å². The van der Waals surface area contributed by atoms with Crippen LogP contribution in [-0.4, -0.2) is 37.2 Å². The molecule has 0 aliphatic carbocycles. The summed E-state index contributed by atoms with van der Waals surface area (Å²) in [5.74, 6) is -0.847. The van der Waals surface area contributed by atoms with E-state index in [1.807, 2.05) is 0 Å². The molecule has 0 unspecified atom stereocenters. The maximum absolute atomic E-state index is 12.8. The summed E-state index contributed by atoms with van der Waals surface area (Å²) in [6.07, 6.45) is 52.5. The first-order chi connectivity index (χ1) is 29.0. The molecule has 0 rings (SSSR count). The molecule has 1 atom stereocenters. The maximum atomic E-state index is 12.8. The molecule has 0 saturated carbocycles. The van der Waals surface area contributed by atoms with E-state index in [1.165, 1.54) is 205 Å². The molecule has 0 aliphatic rings. The minimum absolute atomic E-state index is 0.0622. The highest BCUT2D eigenvalue weighted by Gasteiger charge is 2.19. The number of carbonyl (C=O) groups excluding carboxylic acids is 3. The highest BCUT2D eigenvalue weighted by atomic mass is 16.6. The van der Waals surface area contributed by atoms with Gasteiger partial charge in [-0.3, -0.25) is 14.4 Å². The number of hydrogen-bond acceptors (Lipinski definition) is 6. The Hall–Kier alpha value is -1.59. The minimum atomic E-state index is -0.759. The van der Waals surface area contributed by atoms with Crippen molar-refractivity contribution in [1.29, 1.82) is 0 Å². The summed E-state index contributed by atoms with van der Waals surface area (Å²) in [5, 5.41) is 0. The van der Waals surface area contributed by atoms with E-state index >= 15 is 0 Å². The van der Waals surface area contributed by atoms with Crippen LogP contribution in [0.2, 0.25) is 0 Å². The second-order valence-corrected chi connectivity index (χ2v) is 18.2. The molecular weight excluding hydrogens is 733 g/mol. The molecule has 6 nitrogen and oxygen atoms in total. The van der Waals surface area contributed by atoms with Crippen LogP contribution >= 0.6 is 0 Å². The number of carbonyl (C=O) groups is 3. The Morgan fingerprint density at radius 3 is 0.678 bits per heavy atom. The summed E-state index contributed by atoms with van der Waals surface area (Å²) in [7, 11) is 0. The zero-order chi connectivity index (χ0) is 43.0. The fourth-order valence-corrected chi connectivity index (χ4v) is 8.09. The standard InChI is InChI=1S/C53H102O6/c1-4-7-10-13-16-18-20-22-24-26-27-29-31-33-35-38-41-44-47-53(56)59-50(48-57-51(54)45-42-39-36-15-12-9-6-3)49-58-52(55)46-43-40-37-34-32-30-28-25-23-21-19-17-14-11-8-5-2/h50H,4-49H2,1-3H3/t50-/m0/s1. The molecule has 350 valence electrons. The van der Waals surface area contributed by atoms with E-state index in [0.717, 1.165) is 57.8 Å². The third kappa shape index (κ3) is 47.3. The fraction of sp³-hybridized carbons (Fsp3) is 0.943. The van der Waals surface area contributed by atoms with Crippen LogP contribution in [0.5, 0.6) is 0 Å². The molecule has 0 fully saturated rings. The molecule has 0 radical (unpaired) electrons. The highest BCUT2D eigenvalue weighted by molar-refractivity contribution is 5.71. The first-order valence-electron chi connectivity index (χ1n) is 26.5. The molecule has 0 saturated heterocycles. The van der Waals surface area contributed by atoms with Gasteiger partial charge in [-0.2, -0.15) is 0 Å². The maximum Gasteiger partial charge on any atom is 0.306 e. The van der Waals surface area contributed by atoms with Crippen molar-refractivity contribution in [1.82, 2.24) is 0 Å². The van der Waals surface area contributed by atoms with Gasteiger partial charge in [-0.1, -0.05) is 265 Å². The van der Waals surface area contributed by atoms with Crippen LogP contribution in [-0.2, 0) is 28.6 Å². The molecule has 0 bridgehead atoms. The summed E-state index contributed by atoms with van der Waals surface area (Å²) in [5.41, 5.74) is 0. The molecular formula is C53H102O6. The predicted molar refractivity (Wildman–Crippen MR) is 252 cm³/mol. The molecule has 0 N–H and O–H groups in total. The Balaban J connectivity index is 4.17. The molecule has 0 aliphatic heterocycles. The van der Waals surface area contributed by atoms with Crippen molar-refractivity contribution >= 4 is 17.9 Å². The molecule has 0 aromatic carbocycles. The van der Waals surface area contributed by atoms with Crippen LogP contribution in [0, 0.1) is 0 Å². The third-order valence-electron chi connectivity index (χ3n) is 12.1. The van der Waals surface area contributed by atoms with Crippen molar-refractivity contribution in [2.45, 2.75) is 309 Å². The zero-order valence-electron chi connectivity index (χ0n) is 40.1. The lowest BCUT2D eigenvalue weighted by Gasteiger charge is -2.18. The molecule has 0 aromatic heterocycles. The smallest absolute Gasteiger partial charge is 0.306 e. The molecule has 0 aromatic rings. The first-order valence-corrected chi connectivity index (χ1v) is 26.5. The number of ether oxygens (including phenoxy) is 3. The topological polar surface area (TPSA) is 78.9 Å². The van der Waals surface area contributed by atoms with Crippen molar-refractivity contribution in [3.63, 3.8) is 0 Å². The molecule has 0 heterocycles. The molecule has 0 amide bonds. The van der Waals surface area contributed by atoms with Crippen molar-refractivity contribution in [3.05, 3.63) is 0 Å². The Morgan fingerprint density at radius 2 is 0.458 bits per heavy atom. The third-order valence-corrected chi connectivity index (χ3v) is 12.1. The van der Waals surface area contributed by atoms with Crippen molar-refractivity contribution in [2.75, 3.05) is 13.2 Å². The van der Waals surface area contributed by atoms with Gasteiger partial charge in [-0.05, 0) is 19.3 Å². The van der Waals surface area contributed by atoms with E-state index in [2.05, 4.69) is 20.8 Å². The van der Waals surface area contributed by atoms with E-state index in [-0.39, 0.29) is 31.1 Å². The lowest BCUT2D eigenvalue weighted by molar-refractivity contribution is -0.167. The minimum Gasteiger partial charge on any atom is -0.462 e. The summed E-state index contributed by atoms with van der Waals surface area (Å²) in [6.45, 7) is 6.65. The monoisotopic (exact) mass is 835 g/mol. The summed E-state index contributed by atoms with van der Waals surface area (Å²) < 4.78 is 16.8. The summed E-state index contributed by atoms with van der Waals surface area (Å²) >= 11 is 0. The van der Waals surface area contributed by atoms with Gasteiger partial charge in [-0.25, -0.2) is 0 Å². The summed E-state index contributed by atoms with van der Waals surface area (Å²) in [6, 6.07) is 0. The molecule has 6 heteroatoms. The number of esters is 3. The van der Waals surface area contributed by atoms with Crippen molar-refractivity contribution in [3.8, 4) is 0 Å². The SMILES string of the molecule is CCCCCCCCCCCCCCCCCCCCC(=O)O[C@@H](COC(=O)CCCCCCCCC)COC(=O)CCCCCCCCCCCCCCCCCC. The van der Waals surface area contributed by atoms with Gasteiger partial charge in [-0.15, -0.1) is 0 Å². The number of hydrogen-bond donors (Lipinski definition) is 0.